The molecule has 1 heterocycles. The standard InChI is InChI=1S/C20H20O4/c21-12-2-1-9-3-5-18-8-14(18)19(23)6-4-13(22)17-20(19)11(16(18)20)7-10(9)15(12)24-17/h1-2,11,14,16-17,21,23H,3-8H2/t11?,14-,16+,17+,18?,19-,20?/m1/s1. The van der Waals surface area contributed by atoms with Gasteiger partial charge in [0.15, 0.2) is 23.4 Å². The average molecular weight is 324 g/mol. The summed E-state index contributed by atoms with van der Waals surface area (Å²) in [6.07, 6.45) is 4.55. The minimum Gasteiger partial charge on any atom is -0.504 e. The zero-order valence-corrected chi connectivity index (χ0v) is 13.4. The van der Waals surface area contributed by atoms with Crippen molar-refractivity contribution < 1.29 is 19.7 Å². The number of fused-ring (bicyclic) bond motifs is 1. The van der Waals surface area contributed by atoms with Gasteiger partial charge in [0, 0.05) is 12.0 Å². The van der Waals surface area contributed by atoms with Gasteiger partial charge in [0.1, 0.15) is 0 Å². The number of aryl methyl sites for hydroxylation is 1. The normalized spacial score (nSPS) is 54.1. The van der Waals surface area contributed by atoms with Crippen LogP contribution in [0, 0.1) is 28.6 Å². The number of hydrogen-bond acceptors (Lipinski definition) is 4. The summed E-state index contributed by atoms with van der Waals surface area (Å²) in [5.74, 6) is 1.93. The van der Waals surface area contributed by atoms with Crippen molar-refractivity contribution in [2.24, 2.45) is 28.6 Å². The second-order valence-corrected chi connectivity index (χ2v) is 9.15. The van der Waals surface area contributed by atoms with Gasteiger partial charge >= 0.3 is 0 Å². The molecule has 1 aliphatic heterocycles. The van der Waals surface area contributed by atoms with Crippen LogP contribution in [0.1, 0.15) is 36.8 Å². The molecule has 7 atom stereocenters. The summed E-state index contributed by atoms with van der Waals surface area (Å²) < 4.78 is 6.26. The van der Waals surface area contributed by atoms with Gasteiger partial charge in [0.25, 0.3) is 0 Å². The van der Waals surface area contributed by atoms with Crippen molar-refractivity contribution in [1.82, 2.24) is 0 Å². The summed E-state index contributed by atoms with van der Waals surface area (Å²) in [4.78, 5) is 12.8. The lowest BCUT2D eigenvalue weighted by atomic mass is 9.67. The lowest BCUT2D eigenvalue weighted by Gasteiger charge is -2.44. The molecule has 3 unspecified atom stereocenters. The van der Waals surface area contributed by atoms with Gasteiger partial charge in [-0.25, -0.2) is 0 Å². The topological polar surface area (TPSA) is 66.8 Å². The molecule has 0 saturated heterocycles. The molecular formula is C20H20O4. The fraction of sp³-hybridized carbons (Fsp3) is 0.650. The zero-order valence-electron chi connectivity index (χ0n) is 13.4. The highest BCUT2D eigenvalue weighted by atomic mass is 16.5. The predicted molar refractivity (Wildman–Crippen MR) is 83.7 cm³/mol. The van der Waals surface area contributed by atoms with E-state index in [-0.39, 0.29) is 22.4 Å². The third-order valence-electron chi connectivity index (χ3n) is 8.82. The smallest absolute Gasteiger partial charge is 0.174 e. The van der Waals surface area contributed by atoms with Crippen LogP contribution in [-0.4, -0.2) is 27.7 Å². The molecule has 0 amide bonds. The largest absolute Gasteiger partial charge is 0.504 e. The van der Waals surface area contributed by atoms with Gasteiger partial charge in [-0.2, -0.15) is 0 Å². The molecule has 4 nitrogen and oxygen atoms in total. The van der Waals surface area contributed by atoms with Crippen LogP contribution in [0.2, 0.25) is 0 Å². The zero-order chi connectivity index (χ0) is 16.1. The molecule has 24 heavy (non-hydrogen) atoms. The van der Waals surface area contributed by atoms with Crippen LogP contribution < -0.4 is 4.74 Å². The molecule has 1 aromatic rings. The van der Waals surface area contributed by atoms with Crippen LogP contribution in [0.25, 0.3) is 0 Å². The first-order valence-electron chi connectivity index (χ1n) is 9.29. The van der Waals surface area contributed by atoms with E-state index in [1.165, 1.54) is 5.56 Å². The first-order chi connectivity index (χ1) is 11.5. The molecule has 5 aliphatic carbocycles. The summed E-state index contributed by atoms with van der Waals surface area (Å²) >= 11 is 0. The number of ether oxygens (including phenoxy) is 1. The van der Waals surface area contributed by atoms with Crippen molar-refractivity contribution >= 4 is 5.78 Å². The van der Waals surface area contributed by atoms with Crippen LogP contribution >= 0.6 is 0 Å². The molecule has 4 saturated carbocycles. The van der Waals surface area contributed by atoms with Crippen molar-refractivity contribution in [3.8, 4) is 11.5 Å². The minimum atomic E-state index is -0.726. The molecular weight excluding hydrogens is 304 g/mol. The maximum absolute atomic E-state index is 12.8. The number of benzene rings is 1. The second kappa shape index (κ2) is 3.26. The predicted octanol–water partition coefficient (Wildman–Crippen LogP) is 1.99. The summed E-state index contributed by atoms with van der Waals surface area (Å²) in [5, 5.41) is 22.1. The first kappa shape index (κ1) is 12.8. The van der Waals surface area contributed by atoms with Gasteiger partial charge in [-0.15, -0.1) is 0 Å². The maximum atomic E-state index is 12.8. The molecule has 124 valence electrons. The number of carbonyl (C=O) groups is 1. The van der Waals surface area contributed by atoms with Crippen molar-refractivity contribution in [3.05, 3.63) is 23.3 Å². The Morgan fingerprint density at radius 2 is 2.08 bits per heavy atom. The van der Waals surface area contributed by atoms with Gasteiger partial charge in [-0.05, 0) is 66.9 Å². The highest BCUT2D eigenvalue weighted by Crippen LogP contribution is 2.93. The van der Waals surface area contributed by atoms with Crippen LogP contribution in [0.4, 0.5) is 0 Å². The van der Waals surface area contributed by atoms with Crippen molar-refractivity contribution in [2.75, 3.05) is 0 Å². The number of Topliss-reactive ketones (excluding diaryl/α,β-unsaturated/α-hetero) is 1. The lowest BCUT2D eigenvalue weighted by Crippen LogP contribution is -2.57. The fourth-order valence-corrected chi connectivity index (χ4v) is 8.08. The summed E-state index contributed by atoms with van der Waals surface area (Å²) in [7, 11) is 0. The Labute approximate surface area is 139 Å². The number of phenols is 1. The number of rotatable bonds is 0. The molecule has 7 rings (SSSR count). The number of aromatic hydroxyl groups is 1. The van der Waals surface area contributed by atoms with E-state index < -0.39 is 11.7 Å². The van der Waals surface area contributed by atoms with Gasteiger partial charge in [-0.3, -0.25) is 4.79 Å². The highest BCUT2D eigenvalue weighted by Gasteiger charge is 2.96. The molecule has 2 bridgehead atoms. The molecule has 6 aliphatic rings. The third-order valence-corrected chi connectivity index (χ3v) is 8.82. The monoisotopic (exact) mass is 324 g/mol. The molecule has 0 radical (unpaired) electrons. The summed E-state index contributed by atoms with van der Waals surface area (Å²) in [5.41, 5.74) is 1.51. The Bertz CT molecular complexity index is 861. The molecule has 2 spiro atoms. The van der Waals surface area contributed by atoms with Gasteiger partial charge < -0.3 is 14.9 Å². The SMILES string of the molecule is O=C1CC[C@@]2(O)[C@@H]3CC34CCc3ccc(O)c5c3CC3[C@@H]4C32[C@H]1O5. The van der Waals surface area contributed by atoms with Crippen molar-refractivity contribution in [1.29, 1.82) is 0 Å². The quantitative estimate of drug-likeness (QED) is 0.766. The highest BCUT2D eigenvalue weighted by molar-refractivity contribution is 5.88. The molecule has 2 N–H and O–H groups in total. The molecule has 4 fully saturated rings. The molecule has 0 aromatic heterocycles. The van der Waals surface area contributed by atoms with Gasteiger partial charge in [0.05, 0.1) is 11.0 Å². The van der Waals surface area contributed by atoms with E-state index in [9.17, 15) is 15.0 Å². The van der Waals surface area contributed by atoms with E-state index in [0.29, 0.717) is 36.3 Å². The van der Waals surface area contributed by atoms with Crippen molar-refractivity contribution in [3.63, 3.8) is 0 Å². The van der Waals surface area contributed by atoms with Crippen molar-refractivity contribution in [2.45, 2.75) is 50.2 Å². The van der Waals surface area contributed by atoms with E-state index in [1.54, 1.807) is 6.07 Å². The van der Waals surface area contributed by atoms with Crippen LogP contribution in [0.5, 0.6) is 11.5 Å². The second-order valence-electron chi connectivity index (χ2n) is 9.15. The Balaban J connectivity index is 1.56. The van der Waals surface area contributed by atoms with E-state index in [2.05, 4.69) is 0 Å². The summed E-state index contributed by atoms with van der Waals surface area (Å²) in [6, 6.07) is 3.74. The Morgan fingerprint density at radius 1 is 1.21 bits per heavy atom. The average Bonchev–Trinajstić information content (AvgIpc) is 3.40. The number of carbonyl (C=O) groups excluding carboxylic acids is 1. The Hall–Kier alpha value is -1.55. The van der Waals surface area contributed by atoms with Gasteiger partial charge in [-0.1, -0.05) is 6.07 Å². The Kier molecular flexibility index (Phi) is 1.73. The molecule has 4 heteroatoms. The third kappa shape index (κ3) is 0.967. The lowest BCUT2D eigenvalue weighted by molar-refractivity contribution is -0.157. The summed E-state index contributed by atoms with van der Waals surface area (Å²) in [6.45, 7) is 0. The van der Waals surface area contributed by atoms with E-state index in [4.69, 9.17) is 4.74 Å². The van der Waals surface area contributed by atoms with Crippen LogP contribution in [0.3, 0.4) is 0 Å². The number of phenolic OH excluding ortho intramolecular Hbond substituents is 1. The van der Waals surface area contributed by atoms with Crippen LogP contribution in [-0.2, 0) is 17.6 Å². The molecule has 1 aromatic carbocycles. The Morgan fingerprint density at radius 3 is 2.96 bits per heavy atom. The van der Waals surface area contributed by atoms with Crippen LogP contribution in [0.15, 0.2) is 12.1 Å². The fourth-order valence-electron chi connectivity index (χ4n) is 8.08. The first-order valence-corrected chi connectivity index (χ1v) is 9.29. The minimum absolute atomic E-state index is 0.127. The van der Waals surface area contributed by atoms with Gasteiger partial charge in [0.2, 0.25) is 0 Å². The van der Waals surface area contributed by atoms with E-state index >= 15 is 0 Å². The van der Waals surface area contributed by atoms with E-state index in [0.717, 1.165) is 31.2 Å². The number of hydrogen-bond donors (Lipinski definition) is 2. The number of ketones is 1. The maximum Gasteiger partial charge on any atom is 0.174 e. The number of aliphatic hydroxyl groups is 1. The van der Waals surface area contributed by atoms with E-state index in [1.807, 2.05) is 6.07 Å².